The van der Waals surface area contributed by atoms with Gasteiger partial charge in [0.1, 0.15) is 23.0 Å². The number of hydrogen-bond acceptors (Lipinski definition) is 7. The maximum atomic E-state index is 14.6. The molecule has 5 aromatic rings. The Hall–Kier alpha value is -4.16. The van der Waals surface area contributed by atoms with E-state index < -0.39 is 21.8 Å². The van der Waals surface area contributed by atoms with Crippen LogP contribution in [0.4, 0.5) is 14.7 Å². The van der Waals surface area contributed by atoms with Crippen molar-refractivity contribution in [3.05, 3.63) is 72.3 Å². The molecule has 2 N–H and O–H groups in total. The molecule has 2 aromatic carbocycles. The number of benzene rings is 2. The van der Waals surface area contributed by atoms with Gasteiger partial charge in [-0.1, -0.05) is 50.2 Å². The molecule has 0 aliphatic rings. The van der Waals surface area contributed by atoms with E-state index in [1.807, 2.05) is 44.2 Å². The molecule has 5 rings (SSSR count). The highest BCUT2D eigenvalue weighted by Crippen LogP contribution is 2.35. The lowest BCUT2D eigenvalue weighted by atomic mass is 10.1. The maximum Gasteiger partial charge on any atom is 0.285 e. The summed E-state index contributed by atoms with van der Waals surface area (Å²) in [6.45, 7) is 4.45. The zero-order chi connectivity index (χ0) is 27.0. The first-order chi connectivity index (χ1) is 18.1. The quantitative estimate of drug-likeness (QED) is 0.255. The topological polar surface area (TPSA) is 115 Å². The molecule has 0 atom stereocenters. The lowest BCUT2D eigenvalue weighted by Crippen LogP contribution is -2.15. The third-order valence-electron chi connectivity index (χ3n) is 5.63. The average molecular weight is 539 g/mol. The standard InChI is InChI=1S/C26H24F2N6O3S/c1-15(2)14-34-25-20(30-26(34)33-37-38(3,35)36)13-12-19(29-25)23-22(16-8-5-4-6-9-16)31-24(32-23)21-17(27)10-7-11-18(21)28/h4-13,15H,14H2,1-3H3,(H,30,33)(H,31,32). The van der Waals surface area contributed by atoms with Gasteiger partial charge in [-0.25, -0.2) is 29.2 Å². The summed E-state index contributed by atoms with van der Waals surface area (Å²) in [7, 11) is -3.78. The Kier molecular flexibility index (Phi) is 6.67. The number of imidazole rings is 2. The second-order valence-electron chi connectivity index (χ2n) is 9.14. The van der Waals surface area contributed by atoms with E-state index >= 15 is 0 Å². The van der Waals surface area contributed by atoms with E-state index in [0.717, 1.165) is 11.8 Å². The Morgan fingerprint density at radius 2 is 1.68 bits per heavy atom. The fourth-order valence-electron chi connectivity index (χ4n) is 4.08. The number of rotatable bonds is 8. The number of nitrogens with one attached hydrogen (secondary N) is 2. The van der Waals surface area contributed by atoms with Crippen LogP contribution in [0.15, 0.2) is 60.7 Å². The molecule has 3 heterocycles. The minimum atomic E-state index is -3.78. The van der Waals surface area contributed by atoms with Gasteiger partial charge in [0.05, 0.1) is 28.9 Å². The summed E-state index contributed by atoms with van der Waals surface area (Å²) in [6, 6.07) is 16.3. The first-order valence-corrected chi connectivity index (χ1v) is 13.5. The van der Waals surface area contributed by atoms with Crippen LogP contribution < -0.4 is 5.48 Å². The van der Waals surface area contributed by atoms with Gasteiger partial charge in [-0.2, -0.15) is 8.42 Å². The van der Waals surface area contributed by atoms with E-state index in [-0.39, 0.29) is 23.3 Å². The van der Waals surface area contributed by atoms with Crippen molar-refractivity contribution in [1.82, 2.24) is 24.5 Å². The predicted octanol–water partition coefficient (Wildman–Crippen LogP) is 5.39. The summed E-state index contributed by atoms with van der Waals surface area (Å²) in [5.41, 5.74) is 5.18. The third kappa shape index (κ3) is 5.13. The molecule has 3 aromatic heterocycles. The van der Waals surface area contributed by atoms with Crippen LogP contribution in [0.25, 0.3) is 45.2 Å². The van der Waals surface area contributed by atoms with Crippen molar-refractivity contribution in [2.24, 2.45) is 5.92 Å². The minimum absolute atomic E-state index is 0.0240. The van der Waals surface area contributed by atoms with Crippen molar-refractivity contribution in [1.29, 1.82) is 0 Å². The molecule has 0 radical (unpaired) electrons. The molecule has 0 aliphatic carbocycles. The molecular weight excluding hydrogens is 514 g/mol. The lowest BCUT2D eigenvalue weighted by Gasteiger charge is -2.12. The average Bonchev–Trinajstić information content (AvgIpc) is 3.44. The molecule has 38 heavy (non-hydrogen) atoms. The van der Waals surface area contributed by atoms with Gasteiger partial charge in [-0.3, -0.25) is 4.57 Å². The van der Waals surface area contributed by atoms with Crippen LogP contribution in [0.2, 0.25) is 0 Å². The highest BCUT2D eigenvalue weighted by molar-refractivity contribution is 7.86. The number of halogens is 2. The maximum absolute atomic E-state index is 14.6. The first kappa shape index (κ1) is 25.5. The highest BCUT2D eigenvalue weighted by atomic mass is 32.2. The molecule has 0 unspecified atom stereocenters. The van der Waals surface area contributed by atoms with Crippen molar-refractivity contribution >= 4 is 27.2 Å². The molecule has 0 amide bonds. The fraction of sp³-hybridized carbons (Fsp3) is 0.192. The second-order valence-corrected chi connectivity index (χ2v) is 10.7. The molecule has 196 valence electrons. The van der Waals surface area contributed by atoms with E-state index in [4.69, 9.17) is 9.27 Å². The van der Waals surface area contributed by atoms with Crippen LogP contribution in [0.5, 0.6) is 0 Å². The van der Waals surface area contributed by atoms with Gasteiger partial charge in [0.25, 0.3) is 10.1 Å². The zero-order valence-electron chi connectivity index (χ0n) is 20.7. The Balaban J connectivity index is 1.69. The molecule has 9 nitrogen and oxygen atoms in total. The van der Waals surface area contributed by atoms with Gasteiger partial charge >= 0.3 is 0 Å². The van der Waals surface area contributed by atoms with Gasteiger partial charge < -0.3 is 4.98 Å². The van der Waals surface area contributed by atoms with Crippen molar-refractivity contribution in [3.63, 3.8) is 0 Å². The van der Waals surface area contributed by atoms with Crippen molar-refractivity contribution in [2.75, 3.05) is 11.7 Å². The predicted molar refractivity (Wildman–Crippen MR) is 140 cm³/mol. The largest absolute Gasteiger partial charge is 0.336 e. The summed E-state index contributed by atoms with van der Waals surface area (Å²) in [5.74, 6) is -1.13. The van der Waals surface area contributed by atoms with Gasteiger partial charge in [0.15, 0.2) is 5.65 Å². The molecule has 0 spiro atoms. The minimum Gasteiger partial charge on any atom is -0.336 e. The second kappa shape index (κ2) is 9.95. The summed E-state index contributed by atoms with van der Waals surface area (Å²) >= 11 is 0. The molecule has 0 fully saturated rings. The van der Waals surface area contributed by atoms with E-state index in [9.17, 15) is 17.2 Å². The Morgan fingerprint density at radius 3 is 2.34 bits per heavy atom. The van der Waals surface area contributed by atoms with Crippen LogP contribution in [0.3, 0.4) is 0 Å². The van der Waals surface area contributed by atoms with E-state index in [1.165, 1.54) is 18.2 Å². The van der Waals surface area contributed by atoms with Crippen molar-refractivity contribution in [2.45, 2.75) is 20.4 Å². The fourth-order valence-corrected chi connectivity index (χ4v) is 4.30. The lowest BCUT2D eigenvalue weighted by molar-refractivity contribution is 0.385. The molecular formula is C26H24F2N6O3S. The summed E-state index contributed by atoms with van der Waals surface area (Å²) < 4.78 is 58.8. The number of aromatic amines is 1. The smallest absolute Gasteiger partial charge is 0.285 e. The molecule has 0 aliphatic heterocycles. The number of H-pyrrole nitrogens is 1. The van der Waals surface area contributed by atoms with Crippen LogP contribution in [0.1, 0.15) is 13.8 Å². The van der Waals surface area contributed by atoms with E-state index in [2.05, 4.69) is 20.4 Å². The van der Waals surface area contributed by atoms with Crippen LogP contribution in [-0.4, -0.2) is 39.2 Å². The normalized spacial score (nSPS) is 11.9. The summed E-state index contributed by atoms with van der Waals surface area (Å²) in [4.78, 5) is 16.9. The van der Waals surface area contributed by atoms with Crippen LogP contribution in [-0.2, 0) is 20.9 Å². The van der Waals surface area contributed by atoms with Gasteiger partial charge in [-0.15, -0.1) is 4.28 Å². The van der Waals surface area contributed by atoms with Gasteiger partial charge in [0.2, 0.25) is 5.95 Å². The Morgan fingerprint density at radius 1 is 0.974 bits per heavy atom. The molecule has 12 heteroatoms. The molecule has 0 saturated heterocycles. The van der Waals surface area contributed by atoms with Crippen LogP contribution >= 0.6 is 0 Å². The first-order valence-electron chi connectivity index (χ1n) is 11.7. The number of pyridine rings is 1. The van der Waals surface area contributed by atoms with E-state index in [0.29, 0.717) is 34.8 Å². The summed E-state index contributed by atoms with van der Waals surface area (Å²) in [6.07, 6.45) is 0.922. The van der Waals surface area contributed by atoms with Crippen LogP contribution in [0, 0.1) is 17.6 Å². The molecule has 0 saturated carbocycles. The van der Waals surface area contributed by atoms with E-state index in [1.54, 1.807) is 16.7 Å². The molecule has 0 bridgehead atoms. The van der Waals surface area contributed by atoms with Crippen molar-refractivity contribution in [3.8, 4) is 34.0 Å². The SMILES string of the molecule is CC(C)Cn1c(NOS(C)(=O)=O)nc2ccc(-c3[nH]c(-c4c(F)cccc4F)nc3-c3ccccc3)nc21. The Labute approximate surface area is 217 Å². The number of fused-ring (bicyclic) bond motifs is 1. The number of aromatic nitrogens is 5. The third-order valence-corrected chi connectivity index (χ3v) is 6.02. The highest BCUT2D eigenvalue weighted by Gasteiger charge is 2.22. The van der Waals surface area contributed by atoms with Gasteiger partial charge in [0, 0.05) is 12.1 Å². The number of anilines is 1. The number of nitrogens with zero attached hydrogens (tertiary/aromatic N) is 4. The number of hydrogen-bond donors (Lipinski definition) is 2. The van der Waals surface area contributed by atoms with Crippen molar-refractivity contribution < 1.29 is 21.5 Å². The van der Waals surface area contributed by atoms with Gasteiger partial charge in [-0.05, 0) is 30.2 Å². The zero-order valence-corrected chi connectivity index (χ0v) is 21.6. The summed E-state index contributed by atoms with van der Waals surface area (Å²) in [5, 5.41) is 0. The Bertz CT molecular complexity index is 1710. The monoisotopic (exact) mass is 538 g/mol.